The summed E-state index contributed by atoms with van der Waals surface area (Å²) in [7, 11) is 0. The highest BCUT2D eigenvalue weighted by Gasteiger charge is 2.43. The molecule has 0 aromatic heterocycles. The van der Waals surface area contributed by atoms with Gasteiger partial charge in [-0.15, -0.1) is 0 Å². The number of phenolic OH excluding ortho intramolecular Hbond substituents is 1. The molecule has 0 bridgehead atoms. The van der Waals surface area contributed by atoms with Crippen molar-refractivity contribution in [3.63, 3.8) is 0 Å². The van der Waals surface area contributed by atoms with Gasteiger partial charge in [0.05, 0.1) is 0 Å². The molecule has 2 aliphatic rings. The van der Waals surface area contributed by atoms with E-state index in [1.165, 1.54) is 0 Å². The van der Waals surface area contributed by atoms with Gasteiger partial charge in [0, 0.05) is 31.2 Å². The van der Waals surface area contributed by atoms with Crippen LogP contribution in [0.1, 0.15) is 22.8 Å². The first-order valence-corrected chi connectivity index (χ1v) is 6.89. The van der Waals surface area contributed by atoms with Crippen molar-refractivity contribution in [1.29, 1.82) is 0 Å². The second-order valence-corrected chi connectivity index (χ2v) is 5.78. The normalized spacial score (nSPS) is 29.6. The predicted molar refractivity (Wildman–Crippen MR) is 73.2 cm³/mol. The van der Waals surface area contributed by atoms with Crippen LogP contribution in [-0.2, 0) is 0 Å². The van der Waals surface area contributed by atoms with Crippen molar-refractivity contribution < 1.29 is 9.90 Å². The lowest BCUT2D eigenvalue weighted by atomic mass is 9.95. The van der Waals surface area contributed by atoms with Gasteiger partial charge in [-0.3, -0.25) is 4.79 Å². The van der Waals surface area contributed by atoms with E-state index in [0.29, 0.717) is 17.4 Å². The van der Waals surface area contributed by atoms with Crippen LogP contribution < -0.4 is 5.32 Å². The second kappa shape index (κ2) is 4.53. The van der Waals surface area contributed by atoms with E-state index in [1.807, 2.05) is 11.8 Å². The van der Waals surface area contributed by atoms with Crippen LogP contribution in [0.5, 0.6) is 5.75 Å². The Morgan fingerprint density at radius 2 is 2.21 bits per heavy atom. The second-order valence-electron chi connectivity index (χ2n) is 5.78. The summed E-state index contributed by atoms with van der Waals surface area (Å²) in [5, 5.41) is 13.1. The van der Waals surface area contributed by atoms with Crippen molar-refractivity contribution in [3.8, 4) is 5.75 Å². The molecule has 0 spiro atoms. The van der Waals surface area contributed by atoms with Crippen LogP contribution in [0, 0.1) is 18.8 Å². The number of carbonyl (C=O) groups excluding carboxylic acids is 1. The van der Waals surface area contributed by atoms with Gasteiger partial charge in [-0.2, -0.15) is 0 Å². The molecule has 2 N–H and O–H groups in total. The summed E-state index contributed by atoms with van der Waals surface area (Å²) < 4.78 is 0. The average molecular weight is 260 g/mol. The summed E-state index contributed by atoms with van der Waals surface area (Å²) in [5.74, 6) is 1.39. The van der Waals surface area contributed by atoms with E-state index in [2.05, 4.69) is 12.2 Å². The van der Waals surface area contributed by atoms with Crippen molar-refractivity contribution in [3.05, 3.63) is 29.3 Å². The molecule has 0 aliphatic carbocycles. The summed E-state index contributed by atoms with van der Waals surface area (Å²) in [6, 6.07) is 5.45. The van der Waals surface area contributed by atoms with Gasteiger partial charge in [-0.05, 0) is 43.4 Å². The van der Waals surface area contributed by atoms with E-state index in [9.17, 15) is 9.90 Å². The van der Waals surface area contributed by atoms with Gasteiger partial charge in [-0.1, -0.05) is 6.07 Å². The largest absolute Gasteiger partial charge is 0.508 e. The monoisotopic (exact) mass is 260 g/mol. The molecule has 1 aromatic carbocycles. The topological polar surface area (TPSA) is 52.6 Å². The molecule has 19 heavy (non-hydrogen) atoms. The van der Waals surface area contributed by atoms with Crippen molar-refractivity contribution >= 4 is 5.91 Å². The molecule has 3 atom stereocenters. The number of rotatable bonds is 1. The maximum atomic E-state index is 12.5. The molecule has 102 valence electrons. The first-order valence-electron chi connectivity index (χ1n) is 6.89. The van der Waals surface area contributed by atoms with Crippen LogP contribution in [-0.4, -0.2) is 41.6 Å². The van der Waals surface area contributed by atoms with E-state index in [4.69, 9.17) is 0 Å². The number of nitrogens with zero attached hydrogens (tertiary/aromatic N) is 1. The molecule has 1 aromatic rings. The summed E-state index contributed by atoms with van der Waals surface area (Å²) in [4.78, 5) is 14.5. The number of fused-ring (bicyclic) bond motifs is 1. The highest BCUT2D eigenvalue weighted by atomic mass is 16.3. The molecule has 3 rings (SSSR count). The zero-order chi connectivity index (χ0) is 13.6. The summed E-state index contributed by atoms with van der Waals surface area (Å²) >= 11 is 0. The zero-order valence-electron chi connectivity index (χ0n) is 11.4. The Balaban J connectivity index is 1.82. The van der Waals surface area contributed by atoms with Gasteiger partial charge in [0.25, 0.3) is 5.91 Å². The first-order chi connectivity index (χ1) is 9.08. The van der Waals surface area contributed by atoms with Crippen LogP contribution >= 0.6 is 0 Å². The van der Waals surface area contributed by atoms with E-state index >= 15 is 0 Å². The number of benzene rings is 1. The number of hydrogen-bond acceptors (Lipinski definition) is 3. The molecule has 3 unspecified atom stereocenters. The van der Waals surface area contributed by atoms with Crippen molar-refractivity contribution in [2.75, 3.05) is 19.6 Å². The zero-order valence-corrected chi connectivity index (χ0v) is 11.4. The summed E-state index contributed by atoms with van der Waals surface area (Å²) in [6.45, 7) is 6.81. The number of hydrogen-bond donors (Lipinski definition) is 2. The van der Waals surface area contributed by atoms with Gasteiger partial charge in [-0.25, -0.2) is 0 Å². The number of amides is 1. The van der Waals surface area contributed by atoms with Crippen molar-refractivity contribution in [1.82, 2.24) is 10.2 Å². The Bertz CT molecular complexity index is 515. The van der Waals surface area contributed by atoms with E-state index in [-0.39, 0.29) is 17.7 Å². The third kappa shape index (κ3) is 2.00. The first kappa shape index (κ1) is 12.5. The fourth-order valence-electron chi connectivity index (χ4n) is 3.34. The third-order valence-electron chi connectivity index (χ3n) is 4.65. The molecule has 0 saturated carbocycles. The van der Waals surface area contributed by atoms with Gasteiger partial charge >= 0.3 is 0 Å². The number of aryl methyl sites for hydroxylation is 1. The smallest absolute Gasteiger partial charge is 0.254 e. The minimum Gasteiger partial charge on any atom is -0.508 e. The molecule has 2 heterocycles. The summed E-state index contributed by atoms with van der Waals surface area (Å²) in [6.07, 6.45) is 0. The standard InChI is InChI=1S/C15H20N2O2/c1-9-3-4-11(5-14(9)18)15(19)17-8-12-6-16-7-13(12)10(17)2/h3-5,10,12-13,16,18H,6-8H2,1-2H3. The number of phenols is 1. The highest BCUT2D eigenvalue weighted by molar-refractivity contribution is 5.95. The lowest BCUT2D eigenvalue weighted by Crippen LogP contribution is -2.38. The SMILES string of the molecule is Cc1ccc(C(=O)N2CC3CNCC3C2C)cc1O. The molecule has 0 radical (unpaired) electrons. The lowest BCUT2D eigenvalue weighted by Gasteiger charge is -2.24. The maximum absolute atomic E-state index is 12.5. The minimum absolute atomic E-state index is 0.0391. The third-order valence-corrected chi connectivity index (χ3v) is 4.65. The maximum Gasteiger partial charge on any atom is 0.254 e. The van der Waals surface area contributed by atoms with E-state index in [1.54, 1.807) is 18.2 Å². The Hall–Kier alpha value is -1.55. The Morgan fingerprint density at radius 1 is 1.42 bits per heavy atom. The van der Waals surface area contributed by atoms with Crippen LogP contribution in [0.25, 0.3) is 0 Å². The number of nitrogens with one attached hydrogen (secondary N) is 1. The van der Waals surface area contributed by atoms with Crippen LogP contribution in [0.2, 0.25) is 0 Å². The van der Waals surface area contributed by atoms with E-state index < -0.39 is 0 Å². The molecule has 4 heteroatoms. The summed E-state index contributed by atoms with van der Waals surface area (Å²) in [5.41, 5.74) is 1.38. The molecule has 2 saturated heterocycles. The van der Waals surface area contributed by atoms with Gasteiger partial charge in [0.2, 0.25) is 0 Å². The fourth-order valence-corrected chi connectivity index (χ4v) is 3.34. The van der Waals surface area contributed by atoms with Crippen molar-refractivity contribution in [2.45, 2.75) is 19.9 Å². The molecule has 2 aliphatic heterocycles. The van der Waals surface area contributed by atoms with E-state index in [0.717, 1.165) is 25.2 Å². The molecule has 4 nitrogen and oxygen atoms in total. The minimum atomic E-state index is 0.0391. The highest BCUT2D eigenvalue weighted by Crippen LogP contribution is 2.33. The van der Waals surface area contributed by atoms with Crippen molar-refractivity contribution in [2.24, 2.45) is 11.8 Å². The van der Waals surface area contributed by atoms with Gasteiger partial charge in [0.15, 0.2) is 0 Å². The van der Waals surface area contributed by atoms with Gasteiger partial charge < -0.3 is 15.3 Å². The Kier molecular flexibility index (Phi) is 2.97. The Labute approximate surface area is 113 Å². The molecular weight excluding hydrogens is 240 g/mol. The number of carbonyl (C=O) groups is 1. The number of likely N-dealkylation sites (tertiary alicyclic amines) is 1. The molecular formula is C15H20N2O2. The number of aromatic hydroxyl groups is 1. The Morgan fingerprint density at radius 3 is 2.89 bits per heavy atom. The van der Waals surface area contributed by atoms with Crippen LogP contribution in [0.4, 0.5) is 0 Å². The average Bonchev–Trinajstić information content (AvgIpc) is 2.95. The van der Waals surface area contributed by atoms with Crippen LogP contribution in [0.3, 0.4) is 0 Å². The molecule has 1 amide bonds. The van der Waals surface area contributed by atoms with Crippen LogP contribution in [0.15, 0.2) is 18.2 Å². The quantitative estimate of drug-likeness (QED) is 0.802. The lowest BCUT2D eigenvalue weighted by molar-refractivity contribution is 0.0728. The van der Waals surface area contributed by atoms with Gasteiger partial charge in [0.1, 0.15) is 5.75 Å². The predicted octanol–water partition coefficient (Wildman–Crippen LogP) is 1.38. The molecule has 2 fully saturated rings. The fraction of sp³-hybridized carbons (Fsp3) is 0.533.